The van der Waals surface area contributed by atoms with Crippen LogP contribution in [-0.2, 0) is 4.74 Å². The first-order valence-corrected chi connectivity index (χ1v) is 10.1. The maximum Gasteiger partial charge on any atom is 0.412 e. The number of methoxy groups -OCH3 is 1. The molecule has 0 spiro atoms. The summed E-state index contributed by atoms with van der Waals surface area (Å²) in [7, 11) is 1.61. The average Bonchev–Trinajstić information content (AvgIpc) is 3.15. The zero-order valence-electron chi connectivity index (χ0n) is 17.2. The Kier molecular flexibility index (Phi) is 6.37. The molecule has 0 aliphatic rings. The van der Waals surface area contributed by atoms with E-state index in [1.54, 1.807) is 52.1 Å². The van der Waals surface area contributed by atoms with Gasteiger partial charge in [0.2, 0.25) is 0 Å². The number of anilines is 2. The number of aromatic nitrogens is 1. The zero-order chi connectivity index (χ0) is 21.7. The SMILES string of the molecule is COc1ccc(-c2csc(NC(=O)c3cccc(NC(=O)OC(C)(C)C)c3)n2)cc1. The van der Waals surface area contributed by atoms with Gasteiger partial charge in [0.25, 0.3) is 5.91 Å². The molecule has 2 N–H and O–H groups in total. The van der Waals surface area contributed by atoms with Crippen LogP contribution in [0.2, 0.25) is 0 Å². The highest BCUT2D eigenvalue weighted by Crippen LogP contribution is 2.27. The van der Waals surface area contributed by atoms with Crippen LogP contribution in [0.25, 0.3) is 11.3 Å². The van der Waals surface area contributed by atoms with Gasteiger partial charge in [0.05, 0.1) is 12.8 Å². The van der Waals surface area contributed by atoms with Crippen LogP contribution >= 0.6 is 11.3 Å². The lowest BCUT2D eigenvalue weighted by atomic mass is 10.2. The third-order valence-electron chi connectivity index (χ3n) is 3.88. The van der Waals surface area contributed by atoms with Gasteiger partial charge in [-0.05, 0) is 63.2 Å². The van der Waals surface area contributed by atoms with E-state index in [9.17, 15) is 9.59 Å². The first-order valence-electron chi connectivity index (χ1n) is 9.25. The molecule has 8 heteroatoms. The van der Waals surface area contributed by atoms with Crippen molar-refractivity contribution in [3.63, 3.8) is 0 Å². The lowest BCUT2D eigenvalue weighted by Gasteiger charge is -2.19. The Morgan fingerprint density at radius 1 is 1.03 bits per heavy atom. The van der Waals surface area contributed by atoms with E-state index in [4.69, 9.17) is 9.47 Å². The summed E-state index contributed by atoms with van der Waals surface area (Å²) in [6.45, 7) is 5.35. The molecule has 1 heterocycles. The van der Waals surface area contributed by atoms with Crippen molar-refractivity contribution in [2.75, 3.05) is 17.7 Å². The van der Waals surface area contributed by atoms with E-state index < -0.39 is 11.7 Å². The summed E-state index contributed by atoms with van der Waals surface area (Å²) in [5, 5.41) is 7.77. The number of hydrogen-bond donors (Lipinski definition) is 2. The second-order valence-electron chi connectivity index (χ2n) is 7.43. The maximum absolute atomic E-state index is 12.6. The fourth-order valence-electron chi connectivity index (χ4n) is 2.55. The summed E-state index contributed by atoms with van der Waals surface area (Å²) >= 11 is 1.33. The summed E-state index contributed by atoms with van der Waals surface area (Å²) in [6.07, 6.45) is -0.580. The van der Waals surface area contributed by atoms with E-state index in [2.05, 4.69) is 15.6 Å². The smallest absolute Gasteiger partial charge is 0.412 e. The van der Waals surface area contributed by atoms with Gasteiger partial charge in [-0.2, -0.15) is 0 Å². The molecule has 0 unspecified atom stereocenters. The van der Waals surface area contributed by atoms with Crippen molar-refractivity contribution in [1.82, 2.24) is 4.98 Å². The second kappa shape index (κ2) is 8.96. The normalized spacial score (nSPS) is 10.9. The topological polar surface area (TPSA) is 89.6 Å². The van der Waals surface area contributed by atoms with Gasteiger partial charge in [0.15, 0.2) is 5.13 Å². The number of nitrogens with one attached hydrogen (secondary N) is 2. The van der Waals surface area contributed by atoms with Crippen LogP contribution in [0.1, 0.15) is 31.1 Å². The molecule has 2 amide bonds. The summed E-state index contributed by atoms with van der Waals surface area (Å²) < 4.78 is 10.4. The van der Waals surface area contributed by atoms with Gasteiger partial charge < -0.3 is 9.47 Å². The predicted molar refractivity (Wildman–Crippen MR) is 118 cm³/mol. The summed E-state index contributed by atoms with van der Waals surface area (Å²) in [5.74, 6) is 0.445. The van der Waals surface area contributed by atoms with Crippen LogP contribution in [0.3, 0.4) is 0 Å². The van der Waals surface area contributed by atoms with Gasteiger partial charge >= 0.3 is 6.09 Å². The Bertz CT molecular complexity index is 1040. The fourth-order valence-corrected chi connectivity index (χ4v) is 3.27. The molecule has 0 aliphatic heterocycles. The molecule has 2 aromatic carbocycles. The largest absolute Gasteiger partial charge is 0.497 e. The highest BCUT2D eigenvalue weighted by molar-refractivity contribution is 7.14. The van der Waals surface area contributed by atoms with E-state index in [-0.39, 0.29) is 5.91 Å². The number of nitrogens with zero attached hydrogens (tertiary/aromatic N) is 1. The number of rotatable bonds is 5. The van der Waals surface area contributed by atoms with E-state index >= 15 is 0 Å². The van der Waals surface area contributed by atoms with Crippen molar-refractivity contribution in [2.45, 2.75) is 26.4 Å². The number of benzene rings is 2. The maximum atomic E-state index is 12.6. The molecular formula is C22H23N3O4S. The molecule has 0 saturated carbocycles. The van der Waals surface area contributed by atoms with Crippen LogP contribution in [0.15, 0.2) is 53.9 Å². The minimum absolute atomic E-state index is 0.321. The number of thiazole rings is 1. The van der Waals surface area contributed by atoms with E-state index in [0.717, 1.165) is 17.0 Å². The number of carbonyl (C=O) groups excluding carboxylic acids is 2. The molecule has 0 saturated heterocycles. The van der Waals surface area contributed by atoms with E-state index in [1.807, 2.05) is 29.6 Å². The molecule has 0 radical (unpaired) electrons. The fraction of sp³-hybridized carbons (Fsp3) is 0.227. The molecule has 3 rings (SSSR count). The van der Waals surface area contributed by atoms with Gasteiger partial charge in [-0.15, -0.1) is 11.3 Å². The van der Waals surface area contributed by atoms with Crippen molar-refractivity contribution in [3.05, 3.63) is 59.5 Å². The van der Waals surface area contributed by atoms with Crippen molar-refractivity contribution in [1.29, 1.82) is 0 Å². The standard InChI is InChI=1S/C22H23N3O4S/c1-22(2,3)29-21(27)23-16-7-5-6-15(12-16)19(26)25-20-24-18(13-30-20)14-8-10-17(28-4)11-9-14/h5-13H,1-4H3,(H,23,27)(H,24,25,26). The Hall–Kier alpha value is -3.39. The molecule has 30 heavy (non-hydrogen) atoms. The zero-order valence-corrected chi connectivity index (χ0v) is 18.0. The van der Waals surface area contributed by atoms with Crippen molar-refractivity contribution < 1.29 is 19.1 Å². The molecule has 1 aromatic heterocycles. The summed E-state index contributed by atoms with van der Waals surface area (Å²) in [5.41, 5.74) is 1.94. The van der Waals surface area contributed by atoms with Crippen molar-refractivity contribution in [2.24, 2.45) is 0 Å². The van der Waals surface area contributed by atoms with Gasteiger partial charge in [0, 0.05) is 22.2 Å². The number of carbonyl (C=O) groups is 2. The molecule has 0 fully saturated rings. The summed E-state index contributed by atoms with van der Waals surface area (Å²) in [6, 6.07) is 14.1. The lowest BCUT2D eigenvalue weighted by molar-refractivity contribution is 0.0635. The van der Waals surface area contributed by atoms with Gasteiger partial charge in [-0.3, -0.25) is 15.4 Å². The van der Waals surface area contributed by atoms with Gasteiger partial charge in [-0.1, -0.05) is 6.07 Å². The third kappa shape index (κ3) is 5.81. The number of ether oxygens (including phenoxy) is 2. The minimum atomic E-state index is -0.606. The van der Waals surface area contributed by atoms with Crippen molar-refractivity contribution in [3.8, 4) is 17.0 Å². The van der Waals surface area contributed by atoms with Crippen molar-refractivity contribution >= 4 is 34.2 Å². The van der Waals surface area contributed by atoms with Crippen LogP contribution in [0, 0.1) is 0 Å². The Morgan fingerprint density at radius 3 is 2.43 bits per heavy atom. The third-order valence-corrected chi connectivity index (χ3v) is 4.64. The molecule has 156 valence electrons. The van der Waals surface area contributed by atoms with Gasteiger partial charge in [-0.25, -0.2) is 9.78 Å². The van der Waals surface area contributed by atoms with Crippen LogP contribution in [0.5, 0.6) is 5.75 Å². The Morgan fingerprint density at radius 2 is 1.77 bits per heavy atom. The molecular weight excluding hydrogens is 402 g/mol. The van der Waals surface area contributed by atoms with Crippen LogP contribution < -0.4 is 15.4 Å². The highest BCUT2D eigenvalue weighted by atomic mass is 32.1. The molecule has 0 atom stereocenters. The van der Waals surface area contributed by atoms with Crippen LogP contribution in [0.4, 0.5) is 15.6 Å². The summed E-state index contributed by atoms with van der Waals surface area (Å²) in [4.78, 5) is 29.0. The molecule has 3 aromatic rings. The van der Waals surface area contributed by atoms with E-state index in [1.165, 1.54) is 11.3 Å². The predicted octanol–water partition coefficient (Wildman–Crippen LogP) is 5.42. The average molecular weight is 426 g/mol. The molecule has 0 aliphatic carbocycles. The van der Waals surface area contributed by atoms with Gasteiger partial charge in [0.1, 0.15) is 11.4 Å². The first-order chi connectivity index (χ1) is 14.2. The monoisotopic (exact) mass is 425 g/mol. The number of amides is 2. The first kappa shape index (κ1) is 21.3. The number of hydrogen-bond acceptors (Lipinski definition) is 6. The molecule has 7 nitrogen and oxygen atoms in total. The minimum Gasteiger partial charge on any atom is -0.497 e. The molecule has 0 bridgehead atoms. The quantitative estimate of drug-likeness (QED) is 0.570. The lowest BCUT2D eigenvalue weighted by Crippen LogP contribution is -2.27. The Balaban J connectivity index is 1.66. The second-order valence-corrected chi connectivity index (χ2v) is 8.29. The highest BCUT2D eigenvalue weighted by Gasteiger charge is 2.17. The van der Waals surface area contributed by atoms with E-state index in [0.29, 0.717) is 16.4 Å². The van der Waals surface area contributed by atoms with Crippen LogP contribution in [-0.4, -0.2) is 29.7 Å². The Labute approximate surface area is 179 Å².